The van der Waals surface area contributed by atoms with Gasteiger partial charge in [-0.2, -0.15) is 0 Å². The molecule has 2 aromatic rings. The summed E-state index contributed by atoms with van der Waals surface area (Å²) in [6, 6.07) is 12.8. The van der Waals surface area contributed by atoms with Gasteiger partial charge in [-0.25, -0.2) is 0 Å². The molecule has 2 rings (SSSR count). The molecule has 27 heavy (non-hydrogen) atoms. The van der Waals surface area contributed by atoms with Crippen molar-refractivity contribution in [2.75, 3.05) is 17.2 Å². The highest BCUT2D eigenvalue weighted by molar-refractivity contribution is 5.98. The smallest absolute Gasteiger partial charge is 0.244 e. The summed E-state index contributed by atoms with van der Waals surface area (Å²) in [6.07, 6.45) is 3.00. The van der Waals surface area contributed by atoms with E-state index in [0.717, 1.165) is 22.4 Å². The molecule has 3 N–H and O–H groups in total. The zero-order valence-electron chi connectivity index (χ0n) is 15.6. The molecule has 6 heteroatoms. The van der Waals surface area contributed by atoms with E-state index in [2.05, 4.69) is 16.0 Å². The summed E-state index contributed by atoms with van der Waals surface area (Å²) >= 11 is 0. The Morgan fingerprint density at radius 2 is 1.56 bits per heavy atom. The van der Waals surface area contributed by atoms with Gasteiger partial charge in [-0.3, -0.25) is 14.4 Å². The number of carbonyl (C=O) groups is 3. The van der Waals surface area contributed by atoms with Crippen molar-refractivity contribution in [1.29, 1.82) is 0 Å². The van der Waals surface area contributed by atoms with Crippen molar-refractivity contribution in [1.82, 2.24) is 5.32 Å². The maximum absolute atomic E-state index is 12.0. The minimum Gasteiger partial charge on any atom is -0.343 e. The number of hydrogen-bond acceptors (Lipinski definition) is 3. The third kappa shape index (κ3) is 6.43. The van der Waals surface area contributed by atoms with Crippen LogP contribution < -0.4 is 16.0 Å². The van der Waals surface area contributed by atoms with Crippen LogP contribution >= 0.6 is 0 Å². The minimum atomic E-state index is -0.363. The summed E-state index contributed by atoms with van der Waals surface area (Å²) in [6.45, 7) is 5.16. The average molecular weight is 365 g/mol. The summed E-state index contributed by atoms with van der Waals surface area (Å²) in [5.41, 5.74) is 4.20. The van der Waals surface area contributed by atoms with Gasteiger partial charge in [-0.15, -0.1) is 0 Å². The Morgan fingerprint density at radius 1 is 0.926 bits per heavy atom. The summed E-state index contributed by atoms with van der Waals surface area (Å²) in [7, 11) is 0. The fourth-order valence-corrected chi connectivity index (χ4v) is 2.47. The molecule has 0 fully saturated rings. The molecule has 0 spiro atoms. The summed E-state index contributed by atoms with van der Waals surface area (Å²) in [5.74, 6) is -0.789. The number of rotatable bonds is 6. The third-order valence-electron chi connectivity index (χ3n) is 3.83. The van der Waals surface area contributed by atoms with E-state index in [-0.39, 0.29) is 24.3 Å². The number of amides is 3. The van der Waals surface area contributed by atoms with Gasteiger partial charge in [0.2, 0.25) is 17.7 Å². The van der Waals surface area contributed by atoms with Gasteiger partial charge < -0.3 is 16.0 Å². The van der Waals surface area contributed by atoms with Gasteiger partial charge in [-0.1, -0.05) is 30.3 Å². The van der Waals surface area contributed by atoms with Crippen molar-refractivity contribution in [3.05, 3.63) is 65.2 Å². The zero-order chi connectivity index (χ0) is 19.8. The Bertz CT molecular complexity index is 850. The van der Waals surface area contributed by atoms with Crippen molar-refractivity contribution in [2.45, 2.75) is 20.8 Å². The van der Waals surface area contributed by atoms with E-state index in [9.17, 15) is 14.4 Å². The molecule has 2 aromatic carbocycles. The maximum Gasteiger partial charge on any atom is 0.244 e. The van der Waals surface area contributed by atoms with E-state index in [0.29, 0.717) is 5.69 Å². The predicted octanol–water partition coefficient (Wildman–Crippen LogP) is 3.03. The normalized spacial score (nSPS) is 10.5. The second kappa shape index (κ2) is 9.33. The van der Waals surface area contributed by atoms with Gasteiger partial charge in [0.15, 0.2) is 0 Å². The van der Waals surface area contributed by atoms with Crippen LogP contribution in [0.1, 0.15) is 23.6 Å². The SMILES string of the molecule is CC(=O)Nc1ccc(/C=C/C(=O)NCC(=O)Nc2c(C)cccc2C)cc1. The number of hydrogen-bond donors (Lipinski definition) is 3. The molecule has 0 saturated heterocycles. The van der Waals surface area contributed by atoms with Crippen LogP contribution in [-0.2, 0) is 14.4 Å². The quantitative estimate of drug-likeness (QED) is 0.688. The predicted molar refractivity (Wildman–Crippen MR) is 107 cm³/mol. The summed E-state index contributed by atoms with van der Waals surface area (Å²) < 4.78 is 0. The van der Waals surface area contributed by atoms with Crippen molar-refractivity contribution in [3.63, 3.8) is 0 Å². The second-order valence-electron chi connectivity index (χ2n) is 6.17. The van der Waals surface area contributed by atoms with Gasteiger partial charge in [0.05, 0.1) is 6.54 Å². The van der Waals surface area contributed by atoms with Crippen molar-refractivity contribution in [2.24, 2.45) is 0 Å². The third-order valence-corrected chi connectivity index (χ3v) is 3.83. The molecule has 0 atom stereocenters. The lowest BCUT2D eigenvalue weighted by atomic mass is 10.1. The number of aryl methyl sites for hydroxylation is 2. The molecule has 6 nitrogen and oxygen atoms in total. The average Bonchev–Trinajstić information content (AvgIpc) is 2.62. The van der Waals surface area contributed by atoms with Crippen LogP contribution in [0.25, 0.3) is 6.08 Å². The first-order valence-electron chi connectivity index (χ1n) is 8.55. The molecule has 0 heterocycles. The molecular formula is C21H23N3O3. The molecule has 0 aliphatic rings. The van der Waals surface area contributed by atoms with Crippen LogP contribution in [0.2, 0.25) is 0 Å². The Labute approximate surface area is 158 Å². The molecule has 0 saturated carbocycles. The van der Waals surface area contributed by atoms with Crippen molar-refractivity contribution < 1.29 is 14.4 Å². The number of carbonyl (C=O) groups excluding carboxylic acids is 3. The summed E-state index contributed by atoms with van der Waals surface area (Å²) in [4.78, 5) is 34.9. The highest BCUT2D eigenvalue weighted by atomic mass is 16.2. The minimum absolute atomic E-state index is 0.113. The fourth-order valence-electron chi connectivity index (χ4n) is 2.47. The molecule has 0 bridgehead atoms. The van der Waals surface area contributed by atoms with E-state index in [1.807, 2.05) is 32.0 Å². The molecule has 140 valence electrons. The highest BCUT2D eigenvalue weighted by Gasteiger charge is 2.07. The van der Waals surface area contributed by atoms with Gasteiger partial charge in [0, 0.05) is 24.4 Å². The highest BCUT2D eigenvalue weighted by Crippen LogP contribution is 2.19. The van der Waals surface area contributed by atoms with Crippen LogP contribution in [0.5, 0.6) is 0 Å². The number of para-hydroxylation sites is 1. The first-order chi connectivity index (χ1) is 12.8. The molecule has 3 amide bonds. The lowest BCUT2D eigenvalue weighted by Crippen LogP contribution is -2.32. The van der Waals surface area contributed by atoms with Gasteiger partial charge in [-0.05, 0) is 48.7 Å². The first-order valence-corrected chi connectivity index (χ1v) is 8.55. The van der Waals surface area contributed by atoms with Crippen molar-refractivity contribution in [3.8, 4) is 0 Å². The molecule has 0 unspecified atom stereocenters. The summed E-state index contributed by atoms with van der Waals surface area (Å²) in [5, 5.41) is 8.04. The van der Waals surface area contributed by atoms with E-state index >= 15 is 0 Å². The Kier molecular flexibility index (Phi) is 6.88. The van der Waals surface area contributed by atoms with Crippen molar-refractivity contribution >= 4 is 35.2 Å². The maximum atomic E-state index is 12.0. The van der Waals surface area contributed by atoms with Crippen LogP contribution in [0, 0.1) is 13.8 Å². The van der Waals surface area contributed by atoms with Crippen LogP contribution in [0.3, 0.4) is 0 Å². The molecule has 0 aromatic heterocycles. The Morgan fingerprint density at radius 3 is 2.15 bits per heavy atom. The van der Waals surface area contributed by atoms with Gasteiger partial charge in [0.1, 0.15) is 0 Å². The number of benzene rings is 2. The monoisotopic (exact) mass is 365 g/mol. The van der Waals surface area contributed by atoms with Gasteiger partial charge >= 0.3 is 0 Å². The van der Waals surface area contributed by atoms with Gasteiger partial charge in [0.25, 0.3) is 0 Å². The lowest BCUT2D eigenvalue weighted by Gasteiger charge is -2.11. The standard InChI is InChI=1S/C21H23N3O3/c1-14-5-4-6-15(2)21(14)24-20(27)13-22-19(26)12-9-17-7-10-18(11-8-17)23-16(3)25/h4-12H,13H2,1-3H3,(H,22,26)(H,23,25)(H,24,27)/b12-9+. The van der Waals surface area contributed by atoms with E-state index in [4.69, 9.17) is 0 Å². The van der Waals surface area contributed by atoms with E-state index in [1.165, 1.54) is 13.0 Å². The van der Waals surface area contributed by atoms with E-state index in [1.54, 1.807) is 30.3 Å². The largest absolute Gasteiger partial charge is 0.343 e. The lowest BCUT2D eigenvalue weighted by molar-refractivity contribution is -0.121. The van der Waals surface area contributed by atoms with Crippen LogP contribution in [-0.4, -0.2) is 24.3 Å². The molecule has 0 aliphatic heterocycles. The first kappa shape index (κ1) is 19.9. The topological polar surface area (TPSA) is 87.3 Å². The zero-order valence-corrected chi connectivity index (χ0v) is 15.6. The Hall–Kier alpha value is -3.41. The molecule has 0 aliphatic carbocycles. The molecule has 0 radical (unpaired) electrons. The number of nitrogens with one attached hydrogen (secondary N) is 3. The van der Waals surface area contributed by atoms with Crippen LogP contribution in [0.4, 0.5) is 11.4 Å². The Balaban J connectivity index is 1.84. The molecular weight excluding hydrogens is 342 g/mol. The second-order valence-corrected chi connectivity index (χ2v) is 6.17. The van der Waals surface area contributed by atoms with Crippen LogP contribution in [0.15, 0.2) is 48.5 Å². The van der Waals surface area contributed by atoms with E-state index < -0.39 is 0 Å². The fraction of sp³-hybridized carbons (Fsp3) is 0.190. The number of anilines is 2.